The molecule has 2 aromatic rings. The molecular formula is C21H21OU-. The standard InChI is InChI=1S/C21H21O.U/c1-21(2)12-11-14-7-3-5-9-16(14)19-18(22)13-15-8-4-6-10-17(15)20(19)21;/h3-10,12,19-20H,11,13H2,1-2H3;/q-1;. The second kappa shape index (κ2) is 6.23. The molecule has 0 saturated carbocycles. The van der Waals surface area contributed by atoms with Gasteiger partial charge in [0.2, 0.25) is 0 Å². The quantitative estimate of drug-likeness (QED) is 0.463. The van der Waals surface area contributed by atoms with Crippen molar-refractivity contribution in [2.75, 3.05) is 0 Å². The second-order valence-electron chi connectivity index (χ2n) is 7.23. The molecule has 0 saturated heterocycles. The zero-order valence-corrected chi connectivity index (χ0v) is 17.8. The van der Waals surface area contributed by atoms with Gasteiger partial charge in [0.25, 0.3) is 0 Å². The van der Waals surface area contributed by atoms with Crippen molar-refractivity contribution in [3.05, 3.63) is 77.2 Å². The van der Waals surface area contributed by atoms with E-state index < -0.39 is 0 Å². The van der Waals surface area contributed by atoms with Gasteiger partial charge < -0.3 is 6.42 Å². The van der Waals surface area contributed by atoms with E-state index in [0.717, 1.165) is 6.42 Å². The molecule has 0 N–H and O–H groups in total. The number of hydrogen-bond acceptors (Lipinski definition) is 1. The van der Waals surface area contributed by atoms with E-state index in [1.165, 1.54) is 22.3 Å². The third-order valence-corrected chi connectivity index (χ3v) is 5.47. The zero-order chi connectivity index (χ0) is 15.3. The van der Waals surface area contributed by atoms with E-state index in [9.17, 15) is 4.79 Å². The topological polar surface area (TPSA) is 17.1 Å². The fourth-order valence-electron chi connectivity index (χ4n) is 4.37. The monoisotopic (exact) mass is 527 g/mol. The fourth-order valence-corrected chi connectivity index (χ4v) is 4.37. The summed E-state index contributed by atoms with van der Waals surface area (Å²) in [5, 5.41) is 0. The van der Waals surface area contributed by atoms with E-state index in [4.69, 9.17) is 0 Å². The molecule has 0 aliphatic heterocycles. The second-order valence-corrected chi connectivity index (χ2v) is 7.23. The van der Waals surface area contributed by atoms with Gasteiger partial charge in [-0.25, -0.2) is 0 Å². The van der Waals surface area contributed by atoms with Crippen LogP contribution in [0.1, 0.15) is 47.9 Å². The van der Waals surface area contributed by atoms with Gasteiger partial charge in [0, 0.05) is 43.5 Å². The van der Waals surface area contributed by atoms with E-state index in [1.54, 1.807) is 0 Å². The van der Waals surface area contributed by atoms with Crippen LogP contribution in [0.15, 0.2) is 48.5 Å². The Kier molecular flexibility index (Phi) is 4.60. The predicted octanol–water partition coefficient (Wildman–Crippen LogP) is 4.47. The minimum Gasteiger partial charge on any atom is -0.318 e. The first-order valence-corrected chi connectivity index (χ1v) is 8.10. The fraction of sp³-hybridized carbons (Fsp3) is 0.333. The third kappa shape index (κ3) is 2.75. The Bertz CT molecular complexity index is 747. The summed E-state index contributed by atoms with van der Waals surface area (Å²) in [5.41, 5.74) is 5.15. The van der Waals surface area contributed by atoms with Gasteiger partial charge in [-0.1, -0.05) is 67.9 Å². The van der Waals surface area contributed by atoms with Gasteiger partial charge >= 0.3 is 0 Å². The normalized spacial score (nSPS) is 24.5. The summed E-state index contributed by atoms with van der Waals surface area (Å²) >= 11 is 0. The van der Waals surface area contributed by atoms with Crippen LogP contribution in [-0.2, 0) is 17.6 Å². The maximum absolute atomic E-state index is 13.0. The third-order valence-electron chi connectivity index (χ3n) is 5.47. The van der Waals surface area contributed by atoms with Crippen molar-refractivity contribution in [3.8, 4) is 0 Å². The smallest absolute Gasteiger partial charge is 0.145 e. The summed E-state index contributed by atoms with van der Waals surface area (Å²) in [7, 11) is 0. The van der Waals surface area contributed by atoms with E-state index in [0.29, 0.717) is 12.2 Å². The van der Waals surface area contributed by atoms with Crippen molar-refractivity contribution in [2.45, 2.75) is 38.5 Å². The molecule has 0 bridgehead atoms. The summed E-state index contributed by atoms with van der Waals surface area (Å²) in [6.45, 7) is 4.57. The van der Waals surface area contributed by atoms with E-state index in [1.807, 2.05) is 6.07 Å². The molecule has 0 aromatic heterocycles. The molecule has 0 fully saturated rings. The number of ketones is 1. The van der Waals surface area contributed by atoms with Gasteiger partial charge in [-0.2, -0.15) is 11.8 Å². The van der Waals surface area contributed by atoms with Crippen LogP contribution in [0.3, 0.4) is 0 Å². The first kappa shape index (κ1) is 17.0. The summed E-state index contributed by atoms with van der Waals surface area (Å²) in [6, 6.07) is 17.0. The number of carbonyl (C=O) groups is 1. The molecule has 0 spiro atoms. The first-order chi connectivity index (χ1) is 10.6. The number of carbonyl (C=O) groups excluding carboxylic acids is 1. The predicted molar refractivity (Wildman–Crippen MR) is 88.9 cm³/mol. The van der Waals surface area contributed by atoms with Crippen LogP contribution in [0.4, 0.5) is 0 Å². The van der Waals surface area contributed by atoms with Gasteiger partial charge in [-0.3, -0.25) is 4.79 Å². The number of fused-ring (bicyclic) bond motifs is 5. The van der Waals surface area contributed by atoms with E-state index >= 15 is 0 Å². The zero-order valence-electron chi connectivity index (χ0n) is 13.7. The van der Waals surface area contributed by atoms with Crippen LogP contribution < -0.4 is 0 Å². The molecule has 2 unspecified atom stereocenters. The molecule has 1 nitrogen and oxygen atoms in total. The number of hydrogen-bond donors (Lipinski definition) is 0. The van der Waals surface area contributed by atoms with Crippen LogP contribution in [-0.4, -0.2) is 5.78 Å². The summed E-state index contributed by atoms with van der Waals surface area (Å²) in [5.74, 6) is 0.618. The molecule has 0 heterocycles. The molecule has 2 atom stereocenters. The molecule has 2 heteroatoms. The Morgan fingerprint density at radius 2 is 1.57 bits per heavy atom. The molecular weight excluding hydrogens is 506 g/mol. The van der Waals surface area contributed by atoms with Crippen LogP contribution in [0.2, 0.25) is 0 Å². The van der Waals surface area contributed by atoms with Crippen molar-refractivity contribution in [2.24, 2.45) is 5.41 Å². The minimum atomic E-state index is -0.000139. The van der Waals surface area contributed by atoms with Crippen molar-refractivity contribution in [3.63, 3.8) is 0 Å². The van der Waals surface area contributed by atoms with Crippen molar-refractivity contribution in [1.29, 1.82) is 0 Å². The van der Waals surface area contributed by atoms with Crippen molar-refractivity contribution in [1.82, 2.24) is 0 Å². The Balaban J connectivity index is 0.00000156. The summed E-state index contributed by atoms with van der Waals surface area (Å²) in [6.07, 6.45) is 3.93. The Morgan fingerprint density at radius 3 is 2.30 bits per heavy atom. The van der Waals surface area contributed by atoms with Crippen LogP contribution in [0, 0.1) is 42.9 Å². The maximum Gasteiger partial charge on any atom is 0.145 e. The molecule has 116 valence electrons. The van der Waals surface area contributed by atoms with Crippen molar-refractivity contribution < 1.29 is 35.9 Å². The number of benzene rings is 2. The molecule has 0 amide bonds. The van der Waals surface area contributed by atoms with Crippen LogP contribution >= 0.6 is 0 Å². The molecule has 2 aliphatic carbocycles. The average molecular weight is 527 g/mol. The Morgan fingerprint density at radius 1 is 0.957 bits per heavy atom. The first-order valence-electron chi connectivity index (χ1n) is 8.10. The van der Waals surface area contributed by atoms with Gasteiger partial charge in [0.15, 0.2) is 0 Å². The Hall–Kier alpha value is -0.838. The largest absolute Gasteiger partial charge is 0.318 e. The van der Waals surface area contributed by atoms with E-state index in [-0.39, 0.29) is 48.4 Å². The van der Waals surface area contributed by atoms with Gasteiger partial charge in [-0.15, -0.1) is 0 Å². The van der Waals surface area contributed by atoms with E-state index in [2.05, 4.69) is 62.7 Å². The van der Waals surface area contributed by atoms with Crippen LogP contribution in [0.5, 0.6) is 0 Å². The minimum absolute atomic E-state index is 0. The molecule has 2 aliphatic rings. The molecule has 0 radical (unpaired) electrons. The van der Waals surface area contributed by atoms with Gasteiger partial charge in [0.05, 0.1) is 0 Å². The van der Waals surface area contributed by atoms with Gasteiger partial charge in [-0.05, 0) is 22.6 Å². The molecule has 23 heavy (non-hydrogen) atoms. The molecule has 2 aromatic carbocycles. The summed E-state index contributed by atoms with van der Waals surface area (Å²) < 4.78 is 0. The summed E-state index contributed by atoms with van der Waals surface area (Å²) in [4.78, 5) is 13.0. The number of Topliss-reactive ketones (excluding diaryl/α,β-unsaturated/α-hetero) is 1. The Labute approximate surface area is 162 Å². The SMILES string of the molecule is CC1(C)[CH-]Cc2ccccc2C2C(=O)Cc3ccccc3C21.[U]. The van der Waals surface area contributed by atoms with Gasteiger partial charge in [0.1, 0.15) is 5.78 Å². The van der Waals surface area contributed by atoms with Crippen LogP contribution in [0.25, 0.3) is 0 Å². The molecule has 4 rings (SSSR count). The van der Waals surface area contributed by atoms with Crippen molar-refractivity contribution >= 4 is 5.78 Å². The maximum atomic E-state index is 13.0. The number of rotatable bonds is 0. The average Bonchev–Trinajstić information content (AvgIpc) is 2.63.